The third-order valence-electron chi connectivity index (χ3n) is 10.4. The summed E-state index contributed by atoms with van der Waals surface area (Å²) in [6.45, 7) is 15.0. The van der Waals surface area contributed by atoms with Crippen LogP contribution in [0.3, 0.4) is 0 Å². The fourth-order valence-electron chi connectivity index (χ4n) is 7.28. The highest BCUT2D eigenvalue weighted by molar-refractivity contribution is 6.01. The van der Waals surface area contributed by atoms with Gasteiger partial charge in [0.15, 0.2) is 17.0 Å². The first-order chi connectivity index (χ1) is 30.2. The fraction of sp³-hybridized carbons (Fsp3) is 0.273. The summed E-state index contributed by atoms with van der Waals surface area (Å²) in [4.78, 5) is 37.7. The number of hydrogen-bond acceptors (Lipinski definition) is 14. The zero-order valence-electron chi connectivity index (χ0n) is 35.7. The van der Waals surface area contributed by atoms with Gasteiger partial charge >= 0.3 is 5.97 Å². The van der Waals surface area contributed by atoms with E-state index in [0.717, 1.165) is 58.7 Å². The van der Waals surface area contributed by atoms with Crippen molar-refractivity contribution in [1.82, 2.24) is 60.9 Å². The van der Waals surface area contributed by atoms with E-state index in [1.54, 1.807) is 18.2 Å². The van der Waals surface area contributed by atoms with E-state index >= 15 is 0 Å². The molecule has 0 saturated carbocycles. The number of benzene rings is 4. The second-order valence-electron chi connectivity index (χ2n) is 15.7. The van der Waals surface area contributed by atoms with E-state index in [4.69, 9.17) is 10.5 Å². The van der Waals surface area contributed by atoms with Gasteiger partial charge in [-0.2, -0.15) is 9.97 Å². The van der Waals surface area contributed by atoms with Crippen molar-refractivity contribution in [2.75, 3.05) is 25.4 Å². The highest BCUT2D eigenvalue weighted by Crippen LogP contribution is 2.37. The van der Waals surface area contributed by atoms with Crippen LogP contribution in [-0.4, -0.2) is 97.3 Å². The number of nitrogens with one attached hydrogen (secondary N) is 4. The van der Waals surface area contributed by atoms with Gasteiger partial charge in [0.25, 0.3) is 11.6 Å². The van der Waals surface area contributed by atoms with Crippen molar-refractivity contribution in [1.29, 1.82) is 0 Å². The molecule has 4 aromatic heterocycles. The van der Waals surface area contributed by atoms with Crippen molar-refractivity contribution in [2.24, 2.45) is 4.99 Å². The van der Waals surface area contributed by atoms with E-state index in [1.807, 2.05) is 66.9 Å². The number of aryl methyl sites for hydroxylation is 1. The summed E-state index contributed by atoms with van der Waals surface area (Å²) in [5.74, 6) is 1.12. The van der Waals surface area contributed by atoms with Crippen LogP contribution in [0.25, 0.3) is 44.7 Å². The van der Waals surface area contributed by atoms with Gasteiger partial charge < -0.3 is 26.0 Å². The molecule has 0 saturated heterocycles. The van der Waals surface area contributed by atoms with Crippen molar-refractivity contribution in [2.45, 2.75) is 59.9 Å². The van der Waals surface area contributed by atoms with Crippen LogP contribution in [0.15, 0.2) is 82.6 Å². The summed E-state index contributed by atoms with van der Waals surface area (Å²) < 4.78 is 7.53. The first kappa shape index (κ1) is 43.1. The molecular weight excluding hydrogens is 805 g/mol. The molecule has 0 atom stereocenters. The van der Waals surface area contributed by atoms with E-state index in [1.165, 1.54) is 11.1 Å². The number of carboxylic acid groups (broad SMARTS) is 1. The Bertz CT molecular complexity index is 2980. The smallest absolute Gasteiger partial charge is 0.337 e. The number of fused-ring (bicyclic) bond motifs is 2. The third-order valence-corrected chi connectivity index (χ3v) is 10.4. The van der Waals surface area contributed by atoms with Gasteiger partial charge in [-0.3, -0.25) is 19.3 Å². The first-order valence-corrected chi connectivity index (χ1v) is 20.2. The number of hydrogen-bond donors (Lipinski definition) is 7. The summed E-state index contributed by atoms with van der Waals surface area (Å²) in [6.07, 6.45) is 0.787. The van der Waals surface area contributed by atoms with Crippen LogP contribution >= 0.6 is 0 Å². The van der Waals surface area contributed by atoms with Crippen molar-refractivity contribution < 1.29 is 19.7 Å². The van der Waals surface area contributed by atoms with Gasteiger partial charge in [0.2, 0.25) is 5.95 Å². The summed E-state index contributed by atoms with van der Waals surface area (Å²) in [5.41, 5.74) is 14.9. The van der Waals surface area contributed by atoms with Gasteiger partial charge in [-0.15, -0.1) is 10.2 Å². The van der Waals surface area contributed by atoms with Crippen molar-refractivity contribution in [3.8, 4) is 34.3 Å². The largest absolute Gasteiger partial charge is 0.507 e. The number of amidine groups is 1. The Morgan fingerprint density at radius 1 is 0.952 bits per heavy atom. The molecule has 8 aromatic rings. The molecule has 8 N–H and O–H groups in total. The first-order valence-electron chi connectivity index (χ1n) is 20.2. The van der Waals surface area contributed by atoms with E-state index in [2.05, 4.69) is 95.1 Å². The molecule has 19 nitrogen and oxygen atoms in total. The van der Waals surface area contributed by atoms with Crippen molar-refractivity contribution in [3.63, 3.8) is 0 Å². The molecule has 1 aliphatic heterocycles. The van der Waals surface area contributed by atoms with E-state index in [0.29, 0.717) is 47.4 Å². The second-order valence-corrected chi connectivity index (χ2v) is 15.7. The number of rotatable bonds is 9. The van der Waals surface area contributed by atoms with Gasteiger partial charge in [0, 0.05) is 18.5 Å². The lowest BCUT2D eigenvalue weighted by Crippen LogP contribution is -2.22. The molecule has 0 amide bonds. The Hall–Kier alpha value is -7.96. The number of aromatic hydroxyl groups is 1. The number of aromatic amines is 3. The van der Waals surface area contributed by atoms with Gasteiger partial charge in [0.1, 0.15) is 11.6 Å². The van der Waals surface area contributed by atoms with Crippen LogP contribution in [0.4, 0.5) is 5.95 Å². The molecule has 1 aliphatic rings. The van der Waals surface area contributed by atoms with E-state index in [9.17, 15) is 19.8 Å². The normalized spacial score (nSPS) is 12.3. The van der Waals surface area contributed by atoms with Gasteiger partial charge in [-0.25, -0.2) is 15.0 Å². The lowest BCUT2D eigenvalue weighted by atomic mass is 9.82. The SMILES string of the molecule is CCOc1nc2cccc(C(=O)O)c2n1Cc1ccc(-c2ccccc2-c2nnn[nH]2)cc1.Cc1cc(C(C)(C)C)c(O)c(C)c1CC1=NCCN1.Nc1nc2[nH]nnc2c(=O)[nH]1. The maximum Gasteiger partial charge on any atom is 0.337 e. The molecule has 63 heavy (non-hydrogen) atoms. The molecule has 0 radical (unpaired) electrons. The lowest BCUT2D eigenvalue weighted by molar-refractivity contribution is 0.0698. The summed E-state index contributed by atoms with van der Waals surface area (Å²) >= 11 is 0. The minimum absolute atomic E-state index is 0.0404. The number of anilines is 1. The Morgan fingerprint density at radius 3 is 2.38 bits per heavy atom. The molecule has 5 heterocycles. The number of aliphatic imine (C=N–C) groups is 1. The Balaban J connectivity index is 0.000000165. The molecule has 0 spiro atoms. The van der Waals surface area contributed by atoms with Crippen LogP contribution in [0.2, 0.25) is 0 Å². The minimum Gasteiger partial charge on any atom is -0.507 e. The topological polar surface area (TPSA) is 277 Å². The van der Waals surface area contributed by atoms with Crippen molar-refractivity contribution >= 4 is 40.0 Å². The molecule has 324 valence electrons. The number of aromatic carboxylic acids is 1. The molecule has 4 aromatic carbocycles. The minimum atomic E-state index is -1.00. The second kappa shape index (κ2) is 18.3. The molecule has 0 aliphatic carbocycles. The van der Waals surface area contributed by atoms with Gasteiger partial charge in [-0.1, -0.05) is 86.6 Å². The molecule has 0 unspecified atom stereocenters. The number of nitrogens with zero attached hydrogens (tertiary/aromatic N) is 9. The predicted octanol–water partition coefficient (Wildman–Crippen LogP) is 5.50. The van der Waals surface area contributed by atoms with E-state index < -0.39 is 5.97 Å². The maximum absolute atomic E-state index is 11.8. The number of imidazole rings is 1. The van der Waals surface area contributed by atoms with Crippen LogP contribution < -0.4 is 21.3 Å². The quantitative estimate of drug-likeness (QED) is 0.0945. The van der Waals surface area contributed by atoms with Crippen molar-refractivity contribution in [3.05, 3.63) is 117 Å². The maximum atomic E-state index is 11.8. The molecule has 19 heteroatoms. The standard InChI is InChI=1S/C24H20N6O3.C16H24N2O.C4H4N6O/c1-2-33-24-25-20-9-5-8-19(23(31)32)21(20)30(24)14-15-10-12-16(13-11-15)17-6-3-4-7-18(17)22-26-28-29-27-22;1-10-8-13(16(3,4)5)15(19)11(2)12(10)9-14-17-6-7-18-14;5-4-6-2-1(3(11)7-4)8-10-9-2/h3-13H,2,14H2,1H3,(H,31,32)(H,26,27,28,29);8,19H,6-7,9H2,1-5H3,(H,17,18);(H4,5,6,7,8,9,10,11). The number of nitrogen functional groups attached to an aromatic ring is 1. The number of para-hydroxylation sites is 1. The van der Waals surface area contributed by atoms with Crippen LogP contribution in [0.1, 0.15) is 65.9 Å². The number of phenols is 1. The van der Waals surface area contributed by atoms with E-state index in [-0.39, 0.29) is 28.0 Å². The molecule has 0 fully saturated rings. The number of tetrazole rings is 1. The molecule has 9 rings (SSSR count). The average Bonchev–Trinajstić information content (AvgIpc) is 4.11. The summed E-state index contributed by atoms with van der Waals surface area (Å²) in [6, 6.07) is 23.5. The Kier molecular flexibility index (Phi) is 12.6. The van der Waals surface area contributed by atoms with Crippen LogP contribution in [0, 0.1) is 13.8 Å². The average molecular weight is 853 g/mol. The van der Waals surface area contributed by atoms with Crippen LogP contribution in [-0.2, 0) is 18.4 Å². The predicted molar refractivity (Wildman–Crippen MR) is 239 cm³/mol. The molecular formula is C44H48N14O5. The Labute approximate surface area is 360 Å². The number of phenolic OH excluding ortho intramolecular Hbond substituents is 1. The van der Waals surface area contributed by atoms with Crippen LogP contribution in [0.5, 0.6) is 11.8 Å². The number of H-pyrrole nitrogens is 3. The highest BCUT2D eigenvalue weighted by atomic mass is 16.5. The van der Waals surface area contributed by atoms with Gasteiger partial charge in [0.05, 0.1) is 36.3 Å². The number of carbonyl (C=O) groups is 1. The number of ether oxygens (including phenoxy) is 1. The molecule has 0 bridgehead atoms. The lowest BCUT2D eigenvalue weighted by Gasteiger charge is -2.24. The third kappa shape index (κ3) is 9.51. The Morgan fingerprint density at radius 2 is 1.71 bits per heavy atom. The van der Waals surface area contributed by atoms with Gasteiger partial charge in [-0.05, 0) is 87.7 Å². The zero-order chi connectivity index (χ0) is 44.8. The zero-order valence-corrected chi connectivity index (χ0v) is 35.7. The monoisotopic (exact) mass is 852 g/mol. The number of carboxylic acids is 1. The fourth-order valence-corrected chi connectivity index (χ4v) is 7.28. The highest BCUT2D eigenvalue weighted by Gasteiger charge is 2.23. The summed E-state index contributed by atoms with van der Waals surface area (Å²) in [7, 11) is 0. The number of aromatic nitrogens is 11. The number of nitrogens with two attached hydrogens (primary N) is 1. The summed E-state index contributed by atoms with van der Waals surface area (Å²) in [5, 5.41) is 46.9.